The molecular weight excluding hydrogens is 580 g/mol. The van der Waals surface area contributed by atoms with Crippen LogP contribution in [0.3, 0.4) is 0 Å². The quantitative estimate of drug-likeness (QED) is 0.219. The van der Waals surface area contributed by atoms with Gasteiger partial charge in [-0.25, -0.2) is 8.42 Å². The first kappa shape index (κ1) is 32.6. The van der Waals surface area contributed by atoms with E-state index < -0.39 is 33.4 Å². The number of sulfonamides is 1. The summed E-state index contributed by atoms with van der Waals surface area (Å²) >= 11 is 6.07. The number of carbonyl (C=O) groups excluding carboxylic acids is 2. The third kappa shape index (κ3) is 9.02. The number of rotatable bonds is 13. The van der Waals surface area contributed by atoms with Crippen molar-refractivity contribution in [2.45, 2.75) is 39.8 Å². The van der Waals surface area contributed by atoms with E-state index in [0.717, 1.165) is 22.2 Å². The maximum Gasteiger partial charge on any atom is 0.271 e. The van der Waals surface area contributed by atoms with Gasteiger partial charge in [-0.15, -0.1) is 0 Å². The first-order valence-corrected chi connectivity index (χ1v) is 15.6. The number of hydrogen-bond donors (Lipinski definition) is 1. The van der Waals surface area contributed by atoms with Crippen LogP contribution in [0.15, 0.2) is 72.8 Å². The summed E-state index contributed by atoms with van der Waals surface area (Å²) in [4.78, 5) is 39.9. The highest BCUT2D eigenvalue weighted by Crippen LogP contribution is 2.28. The van der Waals surface area contributed by atoms with Crippen molar-refractivity contribution in [3.8, 4) is 0 Å². The number of carbonyl (C=O) groups is 2. The summed E-state index contributed by atoms with van der Waals surface area (Å²) in [5.74, 6) is -0.876. The summed E-state index contributed by atoms with van der Waals surface area (Å²) in [6.45, 7) is 5.22. The number of nitrogens with one attached hydrogen (secondary N) is 1. The third-order valence-corrected chi connectivity index (χ3v) is 7.95. The molecule has 0 fully saturated rings. The van der Waals surface area contributed by atoms with E-state index in [9.17, 15) is 28.1 Å². The van der Waals surface area contributed by atoms with Gasteiger partial charge in [0.05, 0.1) is 16.9 Å². The average Bonchev–Trinajstić information content (AvgIpc) is 2.93. The lowest BCUT2D eigenvalue weighted by Gasteiger charge is -2.34. The number of nitro benzene ring substituents is 1. The molecule has 3 aromatic carbocycles. The Kier molecular flexibility index (Phi) is 11.1. The van der Waals surface area contributed by atoms with Crippen molar-refractivity contribution in [3.63, 3.8) is 0 Å². The molecule has 0 saturated heterocycles. The Labute approximate surface area is 251 Å². The minimum absolute atomic E-state index is 0.00583. The average molecular weight is 615 g/mol. The molecule has 0 aliphatic rings. The Morgan fingerprint density at radius 1 is 1.00 bits per heavy atom. The predicted octanol–water partition coefficient (Wildman–Crippen LogP) is 4.73. The smallest absolute Gasteiger partial charge is 0.271 e. The molecule has 0 aromatic heterocycles. The van der Waals surface area contributed by atoms with Crippen molar-refractivity contribution >= 4 is 44.8 Å². The highest BCUT2D eigenvalue weighted by Gasteiger charge is 2.33. The summed E-state index contributed by atoms with van der Waals surface area (Å²) in [5, 5.41) is 14.9. The standard InChI is InChI=1S/C30H35ClN4O6S/c1-21(2)18-32-30(37)28(16-23-8-6-5-7-9-23)33(19-24-11-13-25(31)14-12-24)29(36)20-34(42(4,40)41)27-17-26(35(38)39)15-10-22(27)3/h5-15,17,21,28H,16,18-20H2,1-4H3,(H,32,37)/t28-/m0/s1. The molecule has 0 unspecified atom stereocenters. The van der Waals surface area contributed by atoms with Crippen LogP contribution in [0.5, 0.6) is 0 Å². The summed E-state index contributed by atoms with van der Waals surface area (Å²) < 4.78 is 26.8. The number of nitro groups is 1. The van der Waals surface area contributed by atoms with Crippen LogP contribution in [-0.4, -0.2) is 55.4 Å². The topological polar surface area (TPSA) is 130 Å². The fourth-order valence-electron chi connectivity index (χ4n) is 4.34. The molecule has 0 bridgehead atoms. The zero-order valence-corrected chi connectivity index (χ0v) is 25.6. The van der Waals surface area contributed by atoms with Crippen LogP contribution in [0.4, 0.5) is 11.4 Å². The number of amides is 2. The van der Waals surface area contributed by atoms with Gasteiger partial charge in [0.25, 0.3) is 5.69 Å². The molecule has 0 aliphatic heterocycles. The van der Waals surface area contributed by atoms with Crippen molar-refractivity contribution in [3.05, 3.63) is 105 Å². The number of benzene rings is 3. The molecular formula is C30H35ClN4O6S. The Balaban J connectivity index is 2.09. The summed E-state index contributed by atoms with van der Waals surface area (Å²) in [7, 11) is -4.07. The maximum absolute atomic E-state index is 14.1. The monoisotopic (exact) mass is 614 g/mol. The van der Waals surface area contributed by atoms with Crippen LogP contribution in [0.2, 0.25) is 5.02 Å². The van der Waals surface area contributed by atoms with E-state index in [1.807, 2.05) is 44.2 Å². The van der Waals surface area contributed by atoms with Crippen LogP contribution in [0, 0.1) is 23.0 Å². The molecule has 3 aromatic rings. The van der Waals surface area contributed by atoms with Crippen molar-refractivity contribution in [2.75, 3.05) is 23.7 Å². The van der Waals surface area contributed by atoms with E-state index in [-0.39, 0.29) is 36.2 Å². The molecule has 0 radical (unpaired) electrons. The van der Waals surface area contributed by atoms with E-state index in [4.69, 9.17) is 11.6 Å². The lowest BCUT2D eigenvalue weighted by molar-refractivity contribution is -0.384. The molecule has 0 heterocycles. The molecule has 10 nitrogen and oxygen atoms in total. The number of halogens is 1. The zero-order chi connectivity index (χ0) is 31.0. The number of nitrogens with zero attached hydrogens (tertiary/aromatic N) is 3. The SMILES string of the molecule is Cc1ccc([N+](=O)[O-])cc1N(CC(=O)N(Cc1ccc(Cl)cc1)[C@@H](Cc1ccccc1)C(=O)NCC(C)C)S(C)(=O)=O. The molecule has 0 saturated carbocycles. The molecule has 0 aliphatic carbocycles. The second-order valence-corrected chi connectivity index (χ2v) is 12.8. The number of anilines is 1. The van der Waals surface area contributed by atoms with Gasteiger partial charge < -0.3 is 10.2 Å². The lowest BCUT2D eigenvalue weighted by atomic mass is 10.0. The van der Waals surface area contributed by atoms with E-state index in [1.54, 1.807) is 31.2 Å². The number of non-ortho nitro benzene ring substituents is 1. The fourth-order valence-corrected chi connectivity index (χ4v) is 5.36. The Morgan fingerprint density at radius 2 is 1.64 bits per heavy atom. The number of aryl methyl sites for hydroxylation is 1. The summed E-state index contributed by atoms with van der Waals surface area (Å²) in [5.41, 5.74) is 1.61. The minimum atomic E-state index is -4.07. The maximum atomic E-state index is 14.1. The molecule has 224 valence electrons. The molecule has 1 atom stereocenters. The van der Waals surface area contributed by atoms with Gasteiger partial charge in [-0.2, -0.15) is 0 Å². The Hall–Kier alpha value is -3.96. The highest BCUT2D eigenvalue weighted by molar-refractivity contribution is 7.92. The Morgan fingerprint density at radius 3 is 2.21 bits per heavy atom. The second-order valence-electron chi connectivity index (χ2n) is 10.5. The van der Waals surface area contributed by atoms with Crippen molar-refractivity contribution in [2.24, 2.45) is 5.92 Å². The van der Waals surface area contributed by atoms with Gasteiger partial charge in [-0.05, 0) is 41.7 Å². The largest absolute Gasteiger partial charge is 0.354 e. The van der Waals surface area contributed by atoms with Gasteiger partial charge in [0.1, 0.15) is 12.6 Å². The first-order valence-electron chi connectivity index (χ1n) is 13.3. The fraction of sp³-hybridized carbons (Fsp3) is 0.333. The van der Waals surface area contributed by atoms with Crippen LogP contribution in [0.1, 0.15) is 30.5 Å². The van der Waals surface area contributed by atoms with Gasteiger partial charge in [-0.3, -0.25) is 24.0 Å². The highest BCUT2D eigenvalue weighted by atomic mass is 35.5. The normalized spacial score (nSPS) is 12.0. The zero-order valence-electron chi connectivity index (χ0n) is 24.0. The van der Waals surface area contributed by atoms with Gasteiger partial charge in [0.15, 0.2) is 0 Å². The van der Waals surface area contributed by atoms with Gasteiger partial charge in [-0.1, -0.05) is 74.0 Å². The van der Waals surface area contributed by atoms with Gasteiger partial charge >= 0.3 is 0 Å². The van der Waals surface area contributed by atoms with E-state index in [0.29, 0.717) is 22.7 Å². The summed E-state index contributed by atoms with van der Waals surface area (Å²) in [6, 6.07) is 18.8. The first-order chi connectivity index (χ1) is 19.8. The molecule has 2 amide bonds. The lowest BCUT2D eigenvalue weighted by Crippen LogP contribution is -2.53. The van der Waals surface area contributed by atoms with Crippen LogP contribution >= 0.6 is 11.6 Å². The molecule has 12 heteroatoms. The Bertz CT molecular complexity index is 1510. The van der Waals surface area contributed by atoms with Gasteiger partial charge in [0.2, 0.25) is 21.8 Å². The van der Waals surface area contributed by atoms with Crippen LogP contribution in [-0.2, 0) is 32.6 Å². The van der Waals surface area contributed by atoms with Crippen molar-refractivity contribution < 1.29 is 22.9 Å². The van der Waals surface area contributed by atoms with Crippen LogP contribution in [0.25, 0.3) is 0 Å². The molecule has 42 heavy (non-hydrogen) atoms. The number of hydrogen-bond acceptors (Lipinski definition) is 6. The third-order valence-electron chi connectivity index (χ3n) is 6.57. The molecule has 0 spiro atoms. The summed E-state index contributed by atoms with van der Waals surface area (Å²) in [6.07, 6.45) is 1.11. The van der Waals surface area contributed by atoms with Gasteiger partial charge in [0, 0.05) is 36.7 Å². The molecule has 3 rings (SSSR count). The van der Waals surface area contributed by atoms with Crippen LogP contribution < -0.4 is 9.62 Å². The second kappa shape index (κ2) is 14.3. The predicted molar refractivity (Wildman–Crippen MR) is 164 cm³/mol. The van der Waals surface area contributed by atoms with E-state index >= 15 is 0 Å². The van der Waals surface area contributed by atoms with E-state index in [1.165, 1.54) is 17.0 Å². The van der Waals surface area contributed by atoms with E-state index in [2.05, 4.69) is 5.32 Å². The molecule has 1 N–H and O–H groups in total. The van der Waals surface area contributed by atoms with Crippen molar-refractivity contribution in [1.29, 1.82) is 0 Å². The van der Waals surface area contributed by atoms with Crippen molar-refractivity contribution in [1.82, 2.24) is 10.2 Å². The minimum Gasteiger partial charge on any atom is -0.354 e.